The zero-order chi connectivity index (χ0) is 11.9. The van der Waals surface area contributed by atoms with Crippen molar-refractivity contribution in [1.82, 2.24) is 5.32 Å². The lowest BCUT2D eigenvalue weighted by atomic mass is 10.2. The highest BCUT2D eigenvalue weighted by atomic mass is 16.6. The summed E-state index contributed by atoms with van der Waals surface area (Å²) in [6, 6.07) is 0. The molecule has 0 aromatic carbocycles. The van der Waals surface area contributed by atoms with Gasteiger partial charge in [0, 0.05) is 0 Å². The second-order valence-corrected chi connectivity index (χ2v) is 3.77. The van der Waals surface area contributed by atoms with Crippen molar-refractivity contribution in [1.29, 1.82) is 0 Å². The molecule has 0 saturated heterocycles. The van der Waals surface area contributed by atoms with Gasteiger partial charge in [-0.15, -0.1) is 0 Å². The number of ether oxygens (including phenoxy) is 1. The monoisotopic (exact) mass is 214 g/mol. The zero-order valence-corrected chi connectivity index (χ0v) is 8.99. The van der Waals surface area contributed by atoms with E-state index in [1.807, 2.05) is 0 Å². The van der Waals surface area contributed by atoms with E-state index in [2.05, 4.69) is 10.3 Å². The highest BCUT2D eigenvalue weighted by Crippen LogP contribution is 2.05. The number of carbonyl (C=O) groups is 2. The smallest absolute Gasteiger partial charge is 0.325 e. The Morgan fingerprint density at radius 2 is 2.00 bits per heavy atom. The third kappa shape index (κ3) is 8.64. The van der Waals surface area contributed by atoms with Crippen LogP contribution in [-0.4, -0.2) is 36.6 Å². The molecule has 84 valence electrons. The summed E-state index contributed by atoms with van der Waals surface area (Å²) >= 11 is 0. The molecule has 0 bridgehead atoms. The van der Waals surface area contributed by atoms with Crippen LogP contribution in [0, 0.1) is 0 Å². The van der Waals surface area contributed by atoms with Gasteiger partial charge < -0.3 is 10.1 Å². The van der Waals surface area contributed by atoms with Crippen molar-refractivity contribution >= 4 is 18.0 Å². The Balaban J connectivity index is 3.81. The number of carbonyl (C=O) groups excluding carboxylic acids is 3. The highest BCUT2D eigenvalue weighted by Gasteiger charge is 2.16. The molecule has 6 nitrogen and oxygen atoms in total. The molecule has 6 heteroatoms. The normalized spacial score (nSPS) is 10.1. The average molecular weight is 214 g/mol. The average Bonchev–Trinajstić information content (AvgIpc) is 2.08. The SMILES string of the molecule is CC(C)(C)OC(=O)CNC(=O)CN=C=O. The molecule has 1 amide bonds. The molecule has 15 heavy (non-hydrogen) atoms. The van der Waals surface area contributed by atoms with Crippen molar-refractivity contribution in [3.8, 4) is 0 Å². The Hall–Kier alpha value is -1.68. The lowest BCUT2D eigenvalue weighted by Gasteiger charge is -2.19. The third-order valence-corrected chi connectivity index (χ3v) is 1.14. The van der Waals surface area contributed by atoms with Crippen LogP contribution in [0.4, 0.5) is 0 Å². The molecule has 0 radical (unpaired) electrons. The lowest BCUT2D eigenvalue weighted by Crippen LogP contribution is -2.35. The molecule has 0 saturated carbocycles. The minimum Gasteiger partial charge on any atom is -0.459 e. The second kappa shape index (κ2) is 5.93. The van der Waals surface area contributed by atoms with Gasteiger partial charge in [0.2, 0.25) is 12.0 Å². The maximum Gasteiger partial charge on any atom is 0.325 e. The summed E-state index contributed by atoms with van der Waals surface area (Å²) in [5.41, 5.74) is -0.581. The summed E-state index contributed by atoms with van der Waals surface area (Å²) in [7, 11) is 0. The Bertz CT molecular complexity index is 287. The van der Waals surface area contributed by atoms with Crippen molar-refractivity contribution in [3.63, 3.8) is 0 Å². The van der Waals surface area contributed by atoms with Crippen molar-refractivity contribution in [3.05, 3.63) is 0 Å². The predicted molar refractivity (Wildman–Crippen MR) is 51.8 cm³/mol. The molecule has 0 fully saturated rings. The van der Waals surface area contributed by atoms with Gasteiger partial charge in [-0.05, 0) is 20.8 Å². The van der Waals surface area contributed by atoms with Crippen LogP contribution < -0.4 is 5.32 Å². The Morgan fingerprint density at radius 1 is 1.40 bits per heavy atom. The van der Waals surface area contributed by atoms with Crippen LogP contribution in [0.5, 0.6) is 0 Å². The highest BCUT2D eigenvalue weighted by molar-refractivity contribution is 5.83. The molecular formula is C9H14N2O4. The van der Waals surface area contributed by atoms with Gasteiger partial charge in [0.15, 0.2) is 0 Å². The van der Waals surface area contributed by atoms with Crippen molar-refractivity contribution in [2.45, 2.75) is 26.4 Å². The van der Waals surface area contributed by atoms with Gasteiger partial charge in [0.1, 0.15) is 18.7 Å². The van der Waals surface area contributed by atoms with Crippen LogP contribution in [0.2, 0.25) is 0 Å². The zero-order valence-electron chi connectivity index (χ0n) is 8.99. The first kappa shape index (κ1) is 13.3. The summed E-state index contributed by atoms with van der Waals surface area (Å²) < 4.78 is 4.93. The fraction of sp³-hybridized carbons (Fsp3) is 0.667. The van der Waals surface area contributed by atoms with Crippen LogP contribution in [0.15, 0.2) is 4.99 Å². The molecule has 0 aliphatic carbocycles. The molecule has 0 rings (SSSR count). The number of amides is 1. The van der Waals surface area contributed by atoms with E-state index in [1.54, 1.807) is 20.8 Å². The number of rotatable bonds is 4. The molecule has 0 aliphatic rings. The fourth-order valence-electron chi connectivity index (χ4n) is 0.708. The minimum absolute atomic E-state index is 0.232. The summed E-state index contributed by atoms with van der Waals surface area (Å²) in [5, 5.41) is 2.25. The Kier molecular flexibility index (Phi) is 5.26. The first-order valence-electron chi connectivity index (χ1n) is 4.37. The van der Waals surface area contributed by atoms with Gasteiger partial charge in [-0.3, -0.25) is 9.59 Å². The van der Waals surface area contributed by atoms with Crippen LogP contribution >= 0.6 is 0 Å². The first-order chi connectivity index (χ1) is 6.85. The van der Waals surface area contributed by atoms with Crippen LogP contribution in [0.25, 0.3) is 0 Å². The number of isocyanates is 1. The van der Waals surface area contributed by atoms with Crippen LogP contribution in [-0.2, 0) is 19.1 Å². The van der Waals surface area contributed by atoms with E-state index in [4.69, 9.17) is 4.74 Å². The van der Waals surface area contributed by atoms with E-state index in [9.17, 15) is 14.4 Å². The third-order valence-electron chi connectivity index (χ3n) is 1.14. The second-order valence-electron chi connectivity index (χ2n) is 3.77. The van der Waals surface area contributed by atoms with Crippen molar-refractivity contribution in [2.24, 2.45) is 4.99 Å². The molecule has 0 aromatic rings. The molecule has 0 atom stereocenters. The van der Waals surface area contributed by atoms with E-state index in [1.165, 1.54) is 6.08 Å². The molecule has 0 aliphatic heterocycles. The van der Waals surface area contributed by atoms with E-state index < -0.39 is 17.5 Å². The summed E-state index contributed by atoms with van der Waals surface area (Å²) in [6.45, 7) is 4.62. The van der Waals surface area contributed by atoms with Crippen LogP contribution in [0.3, 0.4) is 0 Å². The lowest BCUT2D eigenvalue weighted by molar-refractivity contribution is -0.154. The summed E-state index contributed by atoms with van der Waals surface area (Å²) in [4.78, 5) is 34.7. The Labute approximate surface area is 87.7 Å². The van der Waals surface area contributed by atoms with Gasteiger partial charge in [-0.25, -0.2) is 4.79 Å². The van der Waals surface area contributed by atoms with E-state index >= 15 is 0 Å². The fourth-order valence-corrected chi connectivity index (χ4v) is 0.708. The predicted octanol–water partition coefficient (Wildman–Crippen LogP) is -0.220. The summed E-state index contributed by atoms with van der Waals surface area (Å²) in [5.74, 6) is -1.06. The van der Waals surface area contributed by atoms with E-state index in [0.717, 1.165) is 0 Å². The summed E-state index contributed by atoms with van der Waals surface area (Å²) in [6.07, 6.45) is 1.22. The largest absolute Gasteiger partial charge is 0.459 e. The number of aliphatic imine (C=N–C) groups is 1. The van der Waals surface area contributed by atoms with Gasteiger partial charge in [0.25, 0.3) is 0 Å². The van der Waals surface area contributed by atoms with Crippen molar-refractivity contribution in [2.75, 3.05) is 13.1 Å². The number of esters is 1. The maximum atomic E-state index is 11.1. The molecule has 0 unspecified atom stereocenters. The number of hydrogen-bond donors (Lipinski definition) is 1. The number of hydrogen-bond acceptors (Lipinski definition) is 5. The van der Waals surface area contributed by atoms with Gasteiger partial charge in [0.05, 0.1) is 0 Å². The number of nitrogens with zero attached hydrogens (tertiary/aromatic N) is 1. The van der Waals surface area contributed by atoms with E-state index in [0.29, 0.717) is 0 Å². The van der Waals surface area contributed by atoms with E-state index in [-0.39, 0.29) is 13.1 Å². The van der Waals surface area contributed by atoms with Crippen LogP contribution in [0.1, 0.15) is 20.8 Å². The minimum atomic E-state index is -0.581. The molecular weight excluding hydrogens is 200 g/mol. The molecule has 1 N–H and O–H groups in total. The molecule has 0 aromatic heterocycles. The quantitative estimate of drug-likeness (QED) is 0.398. The topological polar surface area (TPSA) is 84.8 Å². The van der Waals surface area contributed by atoms with Crippen molar-refractivity contribution < 1.29 is 19.1 Å². The Morgan fingerprint density at radius 3 is 2.47 bits per heavy atom. The van der Waals surface area contributed by atoms with Gasteiger partial charge >= 0.3 is 5.97 Å². The first-order valence-corrected chi connectivity index (χ1v) is 4.37. The molecule has 0 heterocycles. The standard InChI is InChI=1S/C9H14N2O4/c1-9(2,3)15-8(14)5-11-7(13)4-10-6-12/h4-5H2,1-3H3,(H,11,13). The molecule has 0 spiro atoms. The van der Waals surface area contributed by atoms with Gasteiger partial charge in [-0.1, -0.05) is 0 Å². The number of nitrogens with one attached hydrogen (secondary N) is 1. The van der Waals surface area contributed by atoms with Gasteiger partial charge in [-0.2, -0.15) is 4.99 Å². The maximum absolute atomic E-state index is 11.1.